The normalized spacial score (nSPS) is 12.2. The molecule has 0 radical (unpaired) electrons. The van der Waals surface area contributed by atoms with Crippen LogP contribution in [0.1, 0.15) is 35.5 Å². The van der Waals surface area contributed by atoms with Crippen molar-refractivity contribution in [1.29, 1.82) is 0 Å². The Hall–Kier alpha value is -4.33. The van der Waals surface area contributed by atoms with Crippen LogP contribution in [0.15, 0.2) is 66.7 Å². The smallest absolute Gasteiger partial charge is 0.181 e. The van der Waals surface area contributed by atoms with Gasteiger partial charge < -0.3 is 11.5 Å². The lowest BCUT2D eigenvalue weighted by Crippen LogP contribution is -2.14. The molecule has 4 N–H and O–H groups in total. The maximum absolute atomic E-state index is 15.3. The summed E-state index contributed by atoms with van der Waals surface area (Å²) in [5.74, 6) is -0.232. The topological polar surface area (TPSA) is 95.6 Å². The lowest BCUT2D eigenvalue weighted by atomic mass is 9.91. The number of aromatic nitrogens is 4. The highest BCUT2D eigenvalue weighted by molar-refractivity contribution is 5.93. The molecular formula is C27H24F2N6. The van der Waals surface area contributed by atoms with Gasteiger partial charge in [-0.2, -0.15) is 5.10 Å². The van der Waals surface area contributed by atoms with Gasteiger partial charge in [0.05, 0.1) is 11.6 Å². The number of anilines is 2. The second-order valence-electron chi connectivity index (χ2n) is 8.48. The third kappa shape index (κ3) is 4.19. The number of nitrogens with zero attached hydrogens (tertiary/aromatic N) is 4. The van der Waals surface area contributed by atoms with Gasteiger partial charge in [-0.25, -0.2) is 18.7 Å². The Morgan fingerprint density at radius 1 is 0.914 bits per heavy atom. The van der Waals surface area contributed by atoms with Gasteiger partial charge in [-0.05, 0) is 72.0 Å². The van der Waals surface area contributed by atoms with Crippen LogP contribution in [0.3, 0.4) is 0 Å². The molecule has 0 saturated carbocycles. The largest absolute Gasteiger partial charge is 0.399 e. The molecule has 5 rings (SSSR count). The van der Waals surface area contributed by atoms with E-state index in [0.717, 1.165) is 22.8 Å². The summed E-state index contributed by atoms with van der Waals surface area (Å²) in [6.07, 6.45) is 0.740. The number of hydrogen-bond donors (Lipinski definition) is 2. The first kappa shape index (κ1) is 22.5. The van der Waals surface area contributed by atoms with E-state index in [0.29, 0.717) is 40.0 Å². The first-order chi connectivity index (χ1) is 16.8. The van der Waals surface area contributed by atoms with Crippen LogP contribution in [0.2, 0.25) is 0 Å². The quantitative estimate of drug-likeness (QED) is 0.344. The Kier molecular flexibility index (Phi) is 5.64. The van der Waals surface area contributed by atoms with Gasteiger partial charge in [-0.1, -0.05) is 19.1 Å². The lowest BCUT2D eigenvalue weighted by molar-refractivity contribution is 0.591. The molecule has 0 aliphatic carbocycles. The number of hydrogen-bond acceptors (Lipinski definition) is 5. The third-order valence-corrected chi connectivity index (χ3v) is 6.14. The van der Waals surface area contributed by atoms with Crippen LogP contribution >= 0.6 is 0 Å². The number of rotatable bonds is 5. The van der Waals surface area contributed by atoms with Crippen molar-refractivity contribution in [1.82, 2.24) is 19.7 Å². The fourth-order valence-corrected chi connectivity index (χ4v) is 4.31. The number of halogens is 2. The molecule has 0 spiro atoms. The summed E-state index contributed by atoms with van der Waals surface area (Å²) < 4.78 is 30.4. The predicted molar refractivity (Wildman–Crippen MR) is 134 cm³/mol. The summed E-state index contributed by atoms with van der Waals surface area (Å²) >= 11 is 0. The van der Waals surface area contributed by atoms with E-state index in [9.17, 15) is 4.39 Å². The van der Waals surface area contributed by atoms with Crippen LogP contribution in [0.25, 0.3) is 22.2 Å². The first-order valence-corrected chi connectivity index (χ1v) is 11.2. The van der Waals surface area contributed by atoms with Crippen LogP contribution < -0.4 is 11.5 Å². The highest BCUT2D eigenvalue weighted by atomic mass is 19.1. The summed E-state index contributed by atoms with van der Waals surface area (Å²) in [7, 11) is 1.74. The standard InChI is InChI=1S/C27H24F2N6/c1-3-15-4-11-22(29)21(12-15)24(23-14-17-13-19(30)9-10-20(17)25(31)32-23)27-33-26(34-35(27)2)16-5-7-18(28)8-6-16/h4-14,24H,3,30H2,1-2H3,(H2,31,32). The number of nitrogen functional groups attached to an aromatic ring is 2. The van der Waals surface area contributed by atoms with Crippen molar-refractivity contribution in [2.75, 3.05) is 11.5 Å². The van der Waals surface area contributed by atoms with E-state index < -0.39 is 5.92 Å². The molecule has 2 aromatic heterocycles. The van der Waals surface area contributed by atoms with Crippen molar-refractivity contribution in [2.45, 2.75) is 19.3 Å². The zero-order valence-corrected chi connectivity index (χ0v) is 19.3. The van der Waals surface area contributed by atoms with Crippen LogP contribution in [0.5, 0.6) is 0 Å². The van der Waals surface area contributed by atoms with Crippen molar-refractivity contribution in [3.63, 3.8) is 0 Å². The number of fused-ring (bicyclic) bond motifs is 1. The Bertz CT molecular complexity index is 1540. The Morgan fingerprint density at radius 2 is 1.69 bits per heavy atom. The molecule has 0 bridgehead atoms. The fourth-order valence-electron chi connectivity index (χ4n) is 4.31. The number of nitrogens with two attached hydrogens (primary N) is 2. The van der Waals surface area contributed by atoms with Crippen LogP contribution in [-0.4, -0.2) is 19.7 Å². The van der Waals surface area contributed by atoms with Gasteiger partial charge in [0, 0.05) is 29.2 Å². The molecule has 2 heterocycles. The van der Waals surface area contributed by atoms with E-state index in [1.54, 1.807) is 36.0 Å². The molecule has 3 aromatic carbocycles. The average molecular weight is 471 g/mol. The average Bonchev–Trinajstić information content (AvgIpc) is 3.21. The fraction of sp³-hybridized carbons (Fsp3) is 0.148. The molecule has 0 aliphatic heterocycles. The van der Waals surface area contributed by atoms with Gasteiger partial charge in [-0.3, -0.25) is 4.68 Å². The SMILES string of the molecule is CCc1ccc(F)c(C(c2cc3cc(N)ccc3c(N)n2)c2nc(-c3ccc(F)cc3)nn2C)c1. The van der Waals surface area contributed by atoms with Gasteiger partial charge in [0.1, 0.15) is 23.3 Å². The van der Waals surface area contributed by atoms with E-state index >= 15 is 4.39 Å². The Balaban J connectivity index is 1.75. The minimum absolute atomic E-state index is 0.315. The first-order valence-electron chi connectivity index (χ1n) is 11.2. The summed E-state index contributed by atoms with van der Waals surface area (Å²) in [4.78, 5) is 9.40. The molecule has 0 amide bonds. The maximum Gasteiger partial charge on any atom is 0.181 e. The van der Waals surface area contributed by atoms with Crippen molar-refractivity contribution in [3.8, 4) is 11.4 Å². The molecule has 8 heteroatoms. The Labute approximate surface area is 201 Å². The number of pyridine rings is 1. The zero-order valence-electron chi connectivity index (χ0n) is 19.3. The van der Waals surface area contributed by atoms with E-state index in [4.69, 9.17) is 16.5 Å². The van der Waals surface area contributed by atoms with Crippen molar-refractivity contribution >= 4 is 22.3 Å². The maximum atomic E-state index is 15.3. The number of benzene rings is 3. The van der Waals surface area contributed by atoms with Gasteiger partial charge in [0.25, 0.3) is 0 Å². The van der Waals surface area contributed by atoms with Gasteiger partial charge >= 0.3 is 0 Å². The molecule has 176 valence electrons. The van der Waals surface area contributed by atoms with E-state index in [1.165, 1.54) is 18.2 Å². The second-order valence-corrected chi connectivity index (χ2v) is 8.48. The molecule has 0 fully saturated rings. The highest BCUT2D eigenvalue weighted by Crippen LogP contribution is 2.36. The summed E-state index contributed by atoms with van der Waals surface area (Å²) in [5, 5.41) is 6.09. The van der Waals surface area contributed by atoms with Crippen LogP contribution in [0, 0.1) is 11.6 Å². The van der Waals surface area contributed by atoms with Crippen LogP contribution in [-0.2, 0) is 13.5 Å². The summed E-state index contributed by atoms with van der Waals surface area (Å²) in [6, 6.07) is 18.2. The Morgan fingerprint density at radius 3 is 2.43 bits per heavy atom. The zero-order chi connectivity index (χ0) is 24.7. The number of aryl methyl sites for hydroxylation is 2. The second kappa shape index (κ2) is 8.79. The monoisotopic (exact) mass is 470 g/mol. The molecule has 6 nitrogen and oxygen atoms in total. The minimum atomic E-state index is -0.693. The van der Waals surface area contributed by atoms with Gasteiger partial charge in [-0.15, -0.1) is 0 Å². The molecule has 1 unspecified atom stereocenters. The van der Waals surface area contributed by atoms with Crippen molar-refractivity contribution in [3.05, 3.63) is 101 Å². The minimum Gasteiger partial charge on any atom is -0.399 e. The van der Waals surface area contributed by atoms with Gasteiger partial charge in [0.15, 0.2) is 5.82 Å². The molecule has 0 saturated heterocycles. The van der Waals surface area contributed by atoms with Gasteiger partial charge in [0.2, 0.25) is 0 Å². The van der Waals surface area contributed by atoms with Crippen molar-refractivity contribution < 1.29 is 8.78 Å². The third-order valence-electron chi connectivity index (χ3n) is 6.14. The summed E-state index contributed by atoms with van der Waals surface area (Å²) in [5.41, 5.74) is 15.5. The molecule has 35 heavy (non-hydrogen) atoms. The van der Waals surface area contributed by atoms with Crippen LogP contribution in [0.4, 0.5) is 20.3 Å². The summed E-state index contributed by atoms with van der Waals surface area (Å²) in [6.45, 7) is 2.01. The van der Waals surface area contributed by atoms with Crippen molar-refractivity contribution in [2.24, 2.45) is 7.05 Å². The molecule has 5 aromatic rings. The van der Waals surface area contributed by atoms with E-state index in [-0.39, 0.29) is 11.6 Å². The molecular weight excluding hydrogens is 446 g/mol. The lowest BCUT2D eigenvalue weighted by Gasteiger charge is -2.19. The van der Waals surface area contributed by atoms with E-state index in [2.05, 4.69) is 10.1 Å². The molecule has 0 aliphatic rings. The highest BCUT2D eigenvalue weighted by Gasteiger charge is 2.28. The van der Waals surface area contributed by atoms with E-state index in [1.807, 2.05) is 31.2 Å². The molecule has 1 atom stereocenters. The predicted octanol–water partition coefficient (Wildman–Crippen LogP) is 5.22.